The Bertz CT molecular complexity index is 311. The van der Waals surface area contributed by atoms with Gasteiger partial charge in [-0.1, -0.05) is 27.2 Å². The lowest BCUT2D eigenvalue weighted by atomic mass is 9.91. The van der Waals surface area contributed by atoms with Crippen molar-refractivity contribution in [2.45, 2.75) is 83.6 Å². The summed E-state index contributed by atoms with van der Waals surface area (Å²) >= 11 is 0. The number of rotatable bonds is 4. The highest BCUT2D eigenvalue weighted by molar-refractivity contribution is 5.85. The van der Waals surface area contributed by atoms with Gasteiger partial charge in [-0.25, -0.2) is 0 Å². The second kappa shape index (κ2) is 6.23. The topological polar surface area (TPSA) is 52.6 Å². The van der Waals surface area contributed by atoms with Crippen molar-refractivity contribution in [3.8, 4) is 0 Å². The fourth-order valence-corrected chi connectivity index (χ4v) is 3.42. The van der Waals surface area contributed by atoms with Gasteiger partial charge in [-0.3, -0.25) is 10.1 Å². The average Bonchev–Trinajstić information content (AvgIpc) is 2.68. The van der Waals surface area contributed by atoms with Gasteiger partial charge in [0.05, 0.1) is 18.3 Å². The molecule has 4 nitrogen and oxygen atoms in total. The van der Waals surface area contributed by atoms with Gasteiger partial charge in [0.25, 0.3) is 0 Å². The molecule has 2 atom stereocenters. The maximum Gasteiger partial charge on any atom is 0.241 e. The van der Waals surface area contributed by atoms with Crippen molar-refractivity contribution in [2.75, 3.05) is 0 Å². The van der Waals surface area contributed by atoms with Gasteiger partial charge < -0.3 is 10.0 Å². The van der Waals surface area contributed by atoms with Crippen LogP contribution in [0.1, 0.15) is 59.3 Å². The number of carbonyl (C=O) groups is 1. The van der Waals surface area contributed by atoms with Crippen molar-refractivity contribution in [1.29, 1.82) is 0 Å². The number of nitrogens with one attached hydrogen (secondary N) is 1. The Morgan fingerprint density at radius 2 is 1.95 bits per heavy atom. The first-order valence-corrected chi connectivity index (χ1v) is 7.80. The zero-order valence-electron chi connectivity index (χ0n) is 12.4. The number of aliphatic hydroxyl groups excluding tert-OH is 1. The summed E-state index contributed by atoms with van der Waals surface area (Å²) in [7, 11) is 0. The van der Waals surface area contributed by atoms with Gasteiger partial charge >= 0.3 is 0 Å². The molecule has 1 saturated heterocycles. The van der Waals surface area contributed by atoms with Gasteiger partial charge in [0, 0.05) is 6.04 Å². The summed E-state index contributed by atoms with van der Waals surface area (Å²) in [6, 6.07) is 0.298. The molecule has 110 valence electrons. The largest absolute Gasteiger partial charge is 0.393 e. The van der Waals surface area contributed by atoms with Crippen LogP contribution in [0.4, 0.5) is 0 Å². The zero-order chi connectivity index (χ0) is 14.0. The van der Waals surface area contributed by atoms with Crippen LogP contribution in [-0.2, 0) is 4.79 Å². The van der Waals surface area contributed by atoms with Gasteiger partial charge in [0.2, 0.25) is 5.91 Å². The van der Waals surface area contributed by atoms with Crippen molar-refractivity contribution in [2.24, 2.45) is 5.92 Å². The van der Waals surface area contributed by atoms with E-state index in [2.05, 4.69) is 31.0 Å². The third-order valence-electron chi connectivity index (χ3n) is 4.52. The molecule has 0 radical (unpaired) electrons. The van der Waals surface area contributed by atoms with Crippen LogP contribution in [0.15, 0.2) is 0 Å². The number of nitrogens with zero attached hydrogens (tertiary/aromatic N) is 1. The van der Waals surface area contributed by atoms with E-state index in [1.807, 2.05) is 0 Å². The number of aliphatic hydroxyl groups is 1. The van der Waals surface area contributed by atoms with Crippen molar-refractivity contribution < 1.29 is 9.90 Å². The molecule has 2 N–H and O–H groups in total. The lowest BCUT2D eigenvalue weighted by Crippen LogP contribution is -2.46. The van der Waals surface area contributed by atoms with Crippen molar-refractivity contribution in [1.82, 2.24) is 10.2 Å². The lowest BCUT2D eigenvalue weighted by Gasteiger charge is -2.36. The minimum atomic E-state index is -0.160. The summed E-state index contributed by atoms with van der Waals surface area (Å²) in [5.41, 5.74) is 0. The van der Waals surface area contributed by atoms with E-state index < -0.39 is 0 Å². The average molecular weight is 268 g/mol. The molecule has 1 heterocycles. The number of carbonyl (C=O) groups excluding carboxylic acids is 1. The molecule has 2 unspecified atom stereocenters. The molecule has 19 heavy (non-hydrogen) atoms. The van der Waals surface area contributed by atoms with Gasteiger partial charge in [-0.2, -0.15) is 0 Å². The van der Waals surface area contributed by atoms with Gasteiger partial charge in [-0.05, 0) is 38.0 Å². The second-order valence-corrected chi connectivity index (χ2v) is 6.40. The molecule has 2 rings (SSSR count). The standard InChI is InChI=1S/C15H28N2O2/c1-4-5-13-16-14(10(2)3)15(19)17(13)11-6-8-12(18)9-7-11/h10-14,16,18H,4-9H2,1-3H3. The van der Waals surface area contributed by atoms with E-state index in [9.17, 15) is 9.90 Å². The van der Waals surface area contributed by atoms with Crippen LogP contribution < -0.4 is 5.32 Å². The number of hydrogen-bond acceptors (Lipinski definition) is 3. The number of hydrogen-bond donors (Lipinski definition) is 2. The lowest BCUT2D eigenvalue weighted by molar-refractivity contribution is -0.134. The normalized spacial score (nSPS) is 36.3. The SMILES string of the molecule is CCCC1NC(C(C)C)C(=O)N1C1CCC(O)CC1. The molecule has 0 bridgehead atoms. The third kappa shape index (κ3) is 3.11. The minimum Gasteiger partial charge on any atom is -0.393 e. The maximum absolute atomic E-state index is 12.6. The molecule has 1 saturated carbocycles. The smallest absolute Gasteiger partial charge is 0.241 e. The Morgan fingerprint density at radius 1 is 1.32 bits per heavy atom. The quantitative estimate of drug-likeness (QED) is 0.818. The van der Waals surface area contributed by atoms with Crippen LogP contribution in [0.2, 0.25) is 0 Å². The highest BCUT2D eigenvalue weighted by atomic mass is 16.3. The molecule has 0 aromatic carbocycles. The van der Waals surface area contributed by atoms with E-state index in [0.717, 1.165) is 38.5 Å². The first-order valence-electron chi connectivity index (χ1n) is 7.80. The molecule has 0 aromatic heterocycles. The highest BCUT2D eigenvalue weighted by Gasteiger charge is 2.43. The minimum absolute atomic E-state index is 0.0246. The van der Waals surface area contributed by atoms with E-state index in [-0.39, 0.29) is 24.2 Å². The Balaban J connectivity index is 2.08. The van der Waals surface area contributed by atoms with Crippen LogP contribution in [0.5, 0.6) is 0 Å². The van der Waals surface area contributed by atoms with Gasteiger partial charge in [-0.15, -0.1) is 0 Å². The summed E-state index contributed by atoms with van der Waals surface area (Å²) in [6.07, 6.45) is 5.70. The van der Waals surface area contributed by atoms with E-state index >= 15 is 0 Å². The summed E-state index contributed by atoms with van der Waals surface area (Å²) in [5, 5.41) is 13.1. The molecular weight excluding hydrogens is 240 g/mol. The summed E-state index contributed by atoms with van der Waals surface area (Å²) in [6.45, 7) is 6.37. The monoisotopic (exact) mass is 268 g/mol. The van der Waals surface area contributed by atoms with Crippen LogP contribution in [0, 0.1) is 5.92 Å². The van der Waals surface area contributed by atoms with Gasteiger partial charge in [0.15, 0.2) is 0 Å². The van der Waals surface area contributed by atoms with Crippen molar-refractivity contribution in [3.63, 3.8) is 0 Å². The van der Waals surface area contributed by atoms with Crippen molar-refractivity contribution >= 4 is 5.91 Å². The molecule has 1 aliphatic carbocycles. The predicted octanol–water partition coefficient (Wildman–Crippen LogP) is 1.87. The Labute approximate surface area is 116 Å². The predicted molar refractivity (Wildman–Crippen MR) is 75.6 cm³/mol. The van der Waals surface area contributed by atoms with E-state index in [1.54, 1.807) is 0 Å². The van der Waals surface area contributed by atoms with Gasteiger partial charge in [0.1, 0.15) is 0 Å². The Kier molecular flexibility index (Phi) is 4.85. The maximum atomic E-state index is 12.6. The molecular formula is C15H28N2O2. The fraction of sp³-hybridized carbons (Fsp3) is 0.933. The number of amides is 1. The van der Waals surface area contributed by atoms with E-state index in [0.29, 0.717) is 12.0 Å². The first-order chi connectivity index (χ1) is 9.04. The summed E-state index contributed by atoms with van der Waals surface area (Å²) < 4.78 is 0. The van der Waals surface area contributed by atoms with Crippen molar-refractivity contribution in [3.05, 3.63) is 0 Å². The van der Waals surface area contributed by atoms with E-state index in [1.165, 1.54) is 0 Å². The molecule has 1 amide bonds. The van der Waals surface area contributed by atoms with Crippen LogP contribution in [0.3, 0.4) is 0 Å². The first kappa shape index (κ1) is 14.8. The van der Waals surface area contributed by atoms with Crippen LogP contribution >= 0.6 is 0 Å². The molecule has 2 aliphatic rings. The molecule has 4 heteroatoms. The molecule has 0 spiro atoms. The van der Waals surface area contributed by atoms with E-state index in [4.69, 9.17) is 0 Å². The van der Waals surface area contributed by atoms with Crippen LogP contribution in [-0.4, -0.2) is 40.3 Å². The Morgan fingerprint density at radius 3 is 2.47 bits per heavy atom. The zero-order valence-corrected chi connectivity index (χ0v) is 12.4. The third-order valence-corrected chi connectivity index (χ3v) is 4.52. The molecule has 0 aromatic rings. The Hall–Kier alpha value is -0.610. The summed E-state index contributed by atoms with van der Waals surface area (Å²) in [4.78, 5) is 14.7. The molecule has 2 fully saturated rings. The molecule has 1 aliphatic heterocycles. The summed E-state index contributed by atoms with van der Waals surface area (Å²) in [5.74, 6) is 0.612. The van der Waals surface area contributed by atoms with Crippen LogP contribution in [0.25, 0.3) is 0 Å². The second-order valence-electron chi connectivity index (χ2n) is 6.40. The highest BCUT2D eigenvalue weighted by Crippen LogP contribution is 2.30. The fourth-order valence-electron chi connectivity index (χ4n) is 3.42.